The van der Waals surface area contributed by atoms with E-state index < -0.39 is 0 Å². The molecule has 7 heteroatoms. The average molecular weight is 498 g/mol. The van der Waals surface area contributed by atoms with Gasteiger partial charge in [-0.1, -0.05) is 84.4 Å². The fourth-order valence-electron chi connectivity index (χ4n) is 3.40. The first kappa shape index (κ1) is 24.7. The Morgan fingerprint density at radius 3 is 2.14 bits per heavy atom. The minimum atomic E-state index is -0.334. The summed E-state index contributed by atoms with van der Waals surface area (Å²) >= 11 is 6.08. The van der Waals surface area contributed by atoms with Gasteiger partial charge < -0.3 is 14.8 Å². The summed E-state index contributed by atoms with van der Waals surface area (Å²) in [5, 5.41) is 12.0. The van der Waals surface area contributed by atoms with Crippen molar-refractivity contribution in [3.05, 3.63) is 125 Å². The highest BCUT2D eigenvalue weighted by molar-refractivity contribution is 6.33. The van der Waals surface area contributed by atoms with Gasteiger partial charge in [0.2, 0.25) is 0 Å². The molecule has 0 aliphatic heterocycles. The minimum Gasteiger partial charge on any atom is -0.493 e. The van der Waals surface area contributed by atoms with Crippen LogP contribution in [0.3, 0.4) is 0 Å². The molecule has 0 unspecified atom stereocenters. The number of carbonyl (C=O) groups excluding carboxylic acids is 1. The molecule has 4 aromatic carbocycles. The van der Waals surface area contributed by atoms with Crippen LogP contribution >= 0.6 is 11.6 Å². The van der Waals surface area contributed by atoms with Crippen LogP contribution in [0.1, 0.15) is 16.7 Å². The van der Waals surface area contributed by atoms with Crippen LogP contribution in [0.15, 0.2) is 113 Å². The van der Waals surface area contributed by atoms with Crippen molar-refractivity contribution >= 4 is 35.1 Å². The van der Waals surface area contributed by atoms with Gasteiger partial charge in [0, 0.05) is 11.1 Å². The highest BCUT2D eigenvalue weighted by Crippen LogP contribution is 2.28. The molecule has 0 heterocycles. The maximum atomic E-state index is 12.3. The van der Waals surface area contributed by atoms with E-state index in [2.05, 4.69) is 15.5 Å². The van der Waals surface area contributed by atoms with Crippen LogP contribution in [0.5, 0.6) is 11.5 Å². The summed E-state index contributed by atoms with van der Waals surface area (Å²) in [4.78, 5) is 12.3. The summed E-state index contributed by atoms with van der Waals surface area (Å²) in [6.07, 6.45) is 1.64. The molecule has 1 N–H and O–H groups in total. The Balaban J connectivity index is 1.46. The standard InChI is InChI=1S/C29H24ClN3O3/c1-35-27-18-21(16-17-26(27)36-20-28(34)32-25-15-9-8-14-24(25)30)19-31-33-29(22-10-4-2-5-11-22)23-12-6-3-7-13-23/h2-19H,20H2,1H3,(H,32,34)/b31-19+. The number of ether oxygens (including phenoxy) is 2. The fourth-order valence-corrected chi connectivity index (χ4v) is 3.59. The molecule has 36 heavy (non-hydrogen) atoms. The summed E-state index contributed by atoms with van der Waals surface area (Å²) < 4.78 is 11.1. The van der Waals surface area contributed by atoms with E-state index in [1.807, 2.05) is 66.7 Å². The number of methoxy groups -OCH3 is 1. The monoisotopic (exact) mass is 497 g/mol. The van der Waals surface area contributed by atoms with E-state index in [-0.39, 0.29) is 12.5 Å². The first-order chi connectivity index (χ1) is 17.6. The second kappa shape index (κ2) is 12.3. The van der Waals surface area contributed by atoms with Crippen LogP contribution in [0.4, 0.5) is 5.69 Å². The highest BCUT2D eigenvalue weighted by atomic mass is 35.5. The quantitative estimate of drug-likeness (QED) is 0.220. The van der Waals surface area contributed by atoms with Gasteiger partial charge in [-0.3, -0.25) is 4.79 Å². The number of nitrogens with one attached hydrogen (secondary N) is 1. The van der Waals surface area contributed by atoms with Crippen molar-refractivity contribution in [1.29, 1.82) is 0 Å². The number of hydrogen-bond acceptors (Lipinski definition) is 5. The van der Waals surface area contributed by atoms with Crippen LogP contribution < -0.4 is 14.8 Å². The maximum absolute atomic E-state index is 12.3. The predicted octanol–water partition coefficient (Wildman–Crippen LogP) is 6.24. The largest absolute Gasteiger partial charge is 0.493 e. The number of nitrogens with zero attached hydrogens (tertiary/aromatic N) is 2. The number of anilines is 1. The molecule has 0 radical (unpaired) electrons. The van der Waals surface area contributed by atoms with Gasteiger partial charge in [0.05, 0.1) is 24.0 Å². The zero-order valence-corrected chi connectivity index (χ0v) is 20.4. The summed E-state index contributed by atoms with van der Waals surface area (Å²) in [6, 6.07) is 32.1. The first-order valence-electron chi connectivity index (χ1n) is 11.2. The van der Waals surface area contributed by atoms with Crippen molar-refractivity contribution in [2.75, 3.05) is 19.0 Å². The van der Waals surface area contributed by atoms with Gasteiger partial charge in [-0.2, -0.15) is 5.10 Å². The third-order valence-electron chi connectivity index (χ3n) is 5.15. The van der Waals surface area contributed by atoms with Gasteiger partial charge >= 0.3 is 0 Å². The minimum absolute atomic E-state index is 0.198. The zero-order valence-electron chi connectivity index (χ0n) is 19.6. The van der Waals surface area contributed by atoms with Crippen LogP contribution in [-0.2, 0) is 4.79 Å². The van der Waals surface area contributed by atoms with Crippen LogP contribution in [0.2, 0.25) is 5.02 Å². The van der Waals surface area contributed by atoms with Crippen molar-refractivity contribution in [1.82, 2.24) is 0 Å². The SMILES string of the molecule is COc1cc(/C=N/N=C(c2ccccc2)c2ccccc2)ccc1OCC(=O)Nc1ccccc1Cl. The lowest BCUT2D eigenvalue weighted by molar-refractivity contribution is -0.118. The third-order valence-corrected chi connectivity index (χ3v) is 5.48. The van der Waals surface area contributed by atoms with Crippen LogP contribution in [0, 0.1) is 0 Å². The average Bonchev–Trinajstić information content (AvgIpc) is 2.92. The van der Waals surface area contributed by atoms with Gasteiger partial charge in [0.15, 0.2) is 18.1 Å². The van der Waals surface area contributed by atoms with Gasteiger partial charge in [-0.15, -0.1) is 5.10 Å². The summed E-state index contributed by atoms with van der Waals surface area (Å²) in [5.74, 6) is 0.570. The molecule has 0 aromatic heterocycles. The van der Waals surface area contributed by atoms with E-state index in [1.54, 1.807) is 42.6 Å². The highest BCUT2D eigenvalue weighted by Gasteiger charge is 2.10. The Labute approximate surface area is 214 Å². The van der Waals surface area contributed by atoms with Gasteiger partial charge in [-0.25, -0.2) is 0 Å². The van der Waals surface area contributed by atoms with E-state index in [0.717, 1.165) is 22.4 Å². The molecule has 0 fully saturated rings. The molecule has 4 aromatic rings. The number of amides is 1. The summed E-state index contributed by atoms with van der Waals surface area (Å²) in [6.45, 7) is -0.198. The van der Waals surface area contributed by atoms with Crippen LogP contribution in [0.25, 0.3) is 0 Å². The summed E-state index contributed by atoms with van der Waals surface area (Å²) in [5.41, 5.74) is 4.00. The lowest BCUT2D eigenvalue weighted by Gasteiger charge is -2.12. The Bertz CT molecular complexity index is 1330. The molecule has 0 saturated carbocycles. The van der Waals surface area contributed by atoms with Crippen molar-refractivity contribution in [2.24, 2.45) is 10.2 Å². The van der Waals surface area contributed by atoms with E-state index in [9.17, 15) is 4.79 Å². The molecule has 1 amide bonds. The second-order valence-corrected chi connectivity index (χ2v) is 8.06. The molecule has 6 nitrogen and oxygen atoms in total. The van der Waals surface area contributed by atoms with Crippen molar-refractivity contribution in [3.63, 3.8) is 0 Å². The molecule has 0 bridgehead atoms. The van der Waals surface area contributed by atoms with E-state index in [1.165, 1.54) is 7.11 Å². The number of hydrogen-bond donors (Lipinski definition) is 1. The van der Waals surface area contributed by atoms with Gasteiger partial charge in [0.25, 0.3) is 5.91 Å². The lowest BCUT2D eigenvalue weighted by Crippen LogP contribution is -2.20. The second-order valence-electron chi connectivity index (χ2n) is 7.65. The third kappa shape index (κ3) is 6.58. The molecule has 0 spiro atoms. The normalized spacial score (nSPS) is 10.6. The first-order valence-corrected chi connectivity index (χ1v) is 11.6. The van der Waals surface area contributed by atoms with Gasteiger partial charge in [0.1, 0.15) is 5.71 Å². The van der Waals surface area contributed by atoms with Crippen molar-refractivity contribution < 1.29 is 14.3 Å². The van der Waals surface area contributed by atoms with E-state index in [4.69, 9.17) is 21.1 Å². The zero-order chi connectivity index (χ0) is 25.2. The van der Waals surface area contributed by atoms with E-state index >= 15 is 0 Å². The molecule has 0 atom stereocenters. The number of rotatable bonds is 9. The Morgan fingerprint density at radius 2 is 1.50 bits per heavy atom. The molecule has 4 rings (SSSR count). The molecule has 0 aliphatic rings. The van der Waals surface area contributed by atoms with Gasteiger partial charge in [-0.05, 0) is 35.9 Å². The van der Waals surface area contributed by atoms with Crippen molar-refractivity contribution in [2.45, 2.75) is 0 Å². The molecular formula is C29H24ClN3O3. The summed E-state index contributed by atoms with van der Waals surface area (Å²) in [7, 11) is 1.54. The maximum Gasteiger partial charge on any atom is 0.262 e. The Morgan fingerprint density at radius 1 is 0.861 bits per heavy atom. The van der Waals surface area contributed by atoms with E-state index in [0.29, 0.717) is 22.2 Å². The molecule has 0 aliphatic carbocycles. The number of benzene rings is 4. The molecule has 0 saturated heterocycles. The number of para-hydroxylation sites is 1. The number of carbonyl (C=O) groups is 1. The molecule has 180 valence electrons. The Hall–Kier alpha value is -4.42. The van der Waals surface area contributed by atoms with Crippen LogP contribution in [-0.4, -0.2) is 31.6 Å². The number of halogens is 1. The Kier molecular flexibility index (Phi) is 8.46. The lowest BCUT2D eigenvalue weighted by atomic mass is 10.0. The predicted molar refractivity (Wildman–Crippen MR) is 145 cm³/mol. The smallest absolute Gasteiger partial charge is 0.262 e. The molecular weight excluding hydrogens is 474 g/mol. The van der Waals surface area contributed by atoms with Crippen molar-refractivity contribution in [3.8, 4) is 11.5 Å². The topological polar surface area (TPSA) is 72.3 Å². The fraction of sp³-hybridized carbons (Fsp3) is 0.0690.